The average molecular weight is 542 g/mol. The number of amides is 2. The molecule has 0 unspecified atom stereocenters. The van der Waals surface area contributed by atoms with Crippen LogP contribution in [0.5, 0.6) is 0 Å². The SMILES string of the molecule is C=C(NC(=O)c1csc(C2=C/C=C(/CCCC(=O)OC(C)(C)C)CCC\C=C\2)n1)C(=O)NC(=C)C(=O)OC. The fourth-order valence-electron chi connectivity index (χ4n) is 3.36. The Hall–Kier alpha value is -3.79. The predicted octanol–water partition coefficient (Wildman–Crippen LogP) is 4.75. The Morgan fingerprint density at radius 2 is 1.84 bits per heavy atom. The lowest BCUT2D eigenvalue weighted by Gasteiger charge is -2.19. The lowest BCUT2D eigenvalue weighted by Crippen LogP contribution is -2.35. The maximum absolute atomic E-state index is 12.6. The van der Waals surface area contributed by atoms with Gasteiger partial charge in [-0.15, -0.1) is 11.3 Å². The molecule has 2 rings (SSSR count). The topological polar surface area (TPSA) is 124 Å². The van der Waals surface area contributed by atoms with Crippen molar-refractivity contribution in [2.24, 2.45) is 0 Å². The summed E-state index contributed by atoms with van der Waals surface area (Å²) in [6.07, 6.45) is 12.8. The van der Waals surface area contributed by atoms with Crippen molar-refractivity contribution < 1.29 is 28.7 Å². The minimum atomic E-state index is -0.807. The van der Waals surface area contributed by atoms with E-state index in [0.717, 1.165) is 38.4 Å². The summed E-state index contributed by atoms with van der Waals surface area (Å²) in [5, 5.41) is 6.82. The van der Waals surface area contributed by atoms with Crippen LogP contribution in [-0.2, 0) is 23.9 Å². The van der Waals surface area contributed by atoms with Gasteiger partial charge in [0.05, 0.1) is 12.8 Å². The number of nitrogens with one attached hydrogen (secondary N) is 2. The lowest BCUT2D eigenvalue weighted by atomic mass is 10.0. The van der Waals surface area contributed by atoms with Crippen molar-refractivity contribution in [1.82, 2.24) is 15.6 Å². The Morgan fingerprint density at radius 1 is 1.11 bits per heavy atom. The van der Waals surface area contributed by atoms with E-state index >= 15 is 0 Å². The van der Waals surface area contributed by atoms with Crippen LogP contribution in [-0.4, -0.2) is 41.4 Å². The van der Waals surface area contributed by atoms with E-state index in [-0.39, 0.29) is 23.1 Å². The van der Waals surface area contributed by atoms with Gasteiger partial charge in [0.2, 0.25) is 0 Å². The summed E-state index contributed by atoms with van der Waals surface area (Å²) in [5.74, 6) is -2.41. The van der Waals surface area contributed by atoms with Crippen molar-refractivity contribution in [1.29, 1.82) is 0 Å². The van der Waals surface area contributed by atoms with E-state index in [1.54, 1.807) is 5.38 Å². The average Bonchev–Trinajstić information content (AvgIpc) is 3.36. The van der Waals surface area contributed by atoms with E-state index in [1.807, 2.05) is 32.9 Å². The third-order valence-corrected chi connectivity index (χ3v) is 6.07. The van der Waals surface area contributed by atoms with Gasteiger partial charge in [-0.3, -0.25) is 14.4 Å². The number of hydrogen-bond donors (Lipinski definition) is 2. The summed E-state index contributed by atoms with van der Waals surface area (Å²) in [6, 6.07) is 0. The number of nitrogens with zero attached hydrogens (tertiary/aromatic N) is 1. The largest absolute Gasteiger partial charge is 0.464 e. The zero-order chi connectivity index (χ0) is 28.3. The number of carbonyl (C=O) groups excluding carboxylic acids is 4. The Morgan fingerprint density at radius 3 is 2.53 bits per heavy atom. The summed E-state index contributed by atoms with van der Waals surface area (Å²) in [7, 11) is 1.15. The summed E-state index contributed by atoms with van der Waals surface area (Å²) in [4.78, 5) is 52.6. The molecule has 2 amide bonds. The molecule has 0 fully saturated rings. The highest BCUT2D eigenvalue weighted by Gasteiger charge is 2.19. The van der Waals surface area contributed by atoms with Crippen molar-refractivity contribution >= 4 is 40.7 Å². The molecule has 0 saturated heterocycles. The summed E-state index contributed by atoms with van der Waals surface area (Å²) in [5.41, 5.74) is 1.18. The predicted molar refractivity (Wildman–Crippen MR) is 147 cm³/mol. The van der Waals surface area contributed by atoms with Gasteiger partial charge in [-0.05, 0) is 52.9 Å². The van der Waals surface area contributed by atoms with Gasteiger partial charge < -0.3 is 20.1 Å². The molecule has 38 heavy (non-hydrogen) atoms. The molecule has 9 nitrogen and oxygen atoms in total. The van der Waals surface area contributed by atoms with E-state index in [9.17, 15) is 19.2 Å². The second-order valence-electron chi connectivity index (χ2n) is 9.58. The maximum atomic E-state index is 12.6. The van der Waals surface area contributed by atoms with E-state index in [2.05, 4.69) is 45.7 Å². The Balaban J connectivity index is 2.03. The zero-order valence-electron chi connectivity index (χ0n) is 22.3. The van der Waals surface area contributed by atoms with E-state index in [4.69, 9.17) is 4.74 Å². The molecule has 1 heterocycles. The fraction of sp³-hybridized carbons (Fsp3) is 0.393. The van der Waals surface area contributed by atoms with Crippen LogP contribution in [0.4, 0.5) is 0 Å². The number of esters is 2. The third kappa shape index (κ3) is 10.3. The van der Waals surface area contributed by atoms with Crippen molar-refractivity contribution in [2.75, 3.05) is 7.11 Å². The smallest absolute Gasteiger partial charge is 0.353 e. The number of ether oxygens (including phenoxy) is 2. The standard InChI is InChI=1S/C28H35N3O6S/c1-18(24(33)30-19(2)27(35)36-6)29-25(34)22-17-38-26(31-22)21-13-9-7-8-11-20(15-16-21)12-10-14-23(32)37-28(3,4)5/h9,13,15-17H,1-2,7-8,10-12,14H2,3-6H3,(H,29,34)(H,30,33)/b13-9+,20-15+,21-16+. The number of aromatic nitrogens is 1. The van der Waals surface area contributed by atoms with Crippen LogP contribution in [0.1, 0.15) is 74.8 Å². The van der Waals surface area contributed by atoms with Crippen molar-refractivity contribution in [2.45, 2.75) is 64.9 Å². The van der Waals surface area contributed by atoms with Gasteiger partial charge in [-0.1, -0.05) is 43.0 Å². The van der Waals surface area contributed by atoms with Crippen molar-refractivity contribution in [3.05, 3.63) is 70.5 Å². The van der Waals surface area contributed by atoms with Crippen LogP contribution < -0.4 is 10.6 Å². The molecule has 10 heteroatoms. The lowest BCUT2D eigenvalue weighted by molar-refractivity contribution is -0.154. The first-order valence-corrected chi connectivity index (χ1v) is 13.1. The van der Waals surface area contributed by atoms with Gasteiger partial charge in [0.1, 0.15) is 22.0 Å². The number of allylic oxidation sites excluding steroid dienone is 6. The second-order valence-corrected chi connectivity index (χ2v) is 10.4. The highest BCUT2D eigenvalue weighted by molar-refractivity contribution is 7.11. The minimum absolute atomic E-state index is 0.126. The van der Waals surface area contributed by atoms with Crippen LogP contribution in [0.25, 0.3) is 5.57 Å². The molecule has 1 aromatic heterocycles. The van der Waals surface area contributed by atoms with Crippen LogP contribution in [0, 0.1) is 0 Å². The van der Waals surface area contributed by atoms with Crippen LogP contribution >= 0.6 is 11.3 Å². The first-order chi connectivity index (χ1) is 17.9. The molecule has 0 spiro atoms. The van der Waals surface area contributed by atoms with Gasteiger partial charge in [-0.25, -0.2) is 9.78 Å². The summed E-state index contributed by atoms with van der Waals surface area (Å²) >= 11 is 1.30. The van der Waals surface area contributed by atoms with E-state index in [0.29, 0.717) is 17.8 Å². The Bertz CT molecular complexity index is 1180. The van der Waals surface area contributed by atoms with Crippen molar-refractivity contribution in [3.8, 4) is 0 Å². The van der Waals surface area contributed by atoms with E-state index < -0.39 is 23.4 Å². The summed E-state index contributed by atoms with van der Waals surface area (Å²) < 4.78 is 9.85. The number of carbonyl (C=O) groups is 4. The number of methoxy groups -OCH3 is 1. The first kappa shape index (κ1) is 30.4. The molecule has 0 aliphatic heterocycles. The van der Waals surface area contributed by atoms with E-state index in [1.165, 1.54) is 16.9 Å². The van der Waals surface area contributed by atoms with Crippen LogP contribution in [0.3, 0.4) is 0 Å². The van der Waals surface area contributed by atoms with Gasteiger partial charge in [0, 0.05) is 17.4 Å². The van der Waals surface area contributed by atoms with Gasteiger partial charge in [-0.2, -0.15) is 0 Å². The Labute approximate surface area is 227 Å². The monoisotopic (exact) mass is 541 g/mol. The van der Waals surface area contributed by atoms with Crippen molar-refractivity contribution in [3.63, 3.8) is 0 Å². The second kappa shape index (κ2) is 14.2. The molecule has 2 N–H and O–H groups in total. The van der Waals surface area contributed by atoms with Gasteiger partial charge in [0.25, 0.3) is 11.8 Å². The zero-order valence-corrected chi connectivity index (χ0v) is 23.2. The summed E-state index contributed by atoms with van der Waals surface area (Å²) in [6.45, 7) is 12.5. The highest BCUT2D eigenvalue weighted by Crippen LogP contribution is 2.25. The molecule has 0 bridgehead atoms. The minimum Gasteiger partial charge on any atom is -0.464 e. The van der Waals surface area contributed by atoms with Gasteiger partial charge in [0.15, 0.2) is 0 Å². The molecule has 0 radical (unpaired) electrons. The highest BCUT2D eigenvalue weighted by atomic mass is 32.1. The molecular weight excluding hydrogens is 506 g/mol. The molecular formula is C28H35N3O6S. The molecule has 1 aliphatic carbocycles. The molecule has 0 aromatic carbocycles. The van der Waals surface area contributed by atoms with Gasteiger partial charge >= 0.3 is 11.9 Å². The number of thiazole rings is 1. The maximum Gasteiger partial charge on any atom is 0.353 e. The molecule has 1 aromatic rings. The number of rotatable bonds is 10. The Kier molecular flexibility index (Phi) is 11.4. The quantitative estimate of drug-likeness (QED) is 0.324. The molecule has 0 saturated carbocycles. The van der Waals surface area contributed by atoms with Crippen LogP contribution in [0.15, 0.2) is 59.8 Å². The normalized spacial score (nSPS) is 17.2. The van der Waals surface area contributed by atoms with Crippen LogP contribution in [0.2, 0.25) is 0 Å². The molecule has 1 aliphatic rings. The third-order valence-electron chi connectivity index (χ3n) is 5.18. The molecule has 0 atom stereocenters. The molecule has 204 valence electrons. The first-order valence-electron chi connectivity index (χ1n) is 12.2. The fourth-order valence-corrected chi connectivity index (χ4v) is 4.17. The number of hydrogen-bond acceptors (Lipinski definition) is 8.